The summed E-state index contributed by atoms with van der Waals surface area (Å²) in [6.45, 7) is 8.02. The van der Waals surface area contributed by atoms with Gasteiger partial charge in [0.15, 0.2) is 0 Å². The zero-order valence-corrected chi connectivity index (χ0v) is 21.1. The van der Waals surface area contributed by atoms with Gasteiger partial charge >= 0.3 is 0 Å². The molecular formula is C24H28BrN5OS. The molecule has 3 heterocycles. The molecule has 8 heteroatoms. The smallest absolute Gasteiger partial charge is 0.136 e. The number of halogens is 1. The van der Waals surface area contributed by atoms with Crippen molar-refractivity contribution < 1.29 is 4.55 Å². The molecular weight excluding hydrogens is 486 g/mol. The molecule has 4 rings (SSSR count). The number of pyridine rings is 1. The molecule has 0 bridgehead atoms. The summed E-state index contributed by atoms with van der Waals surface area (Å²) >= 11 is 2.28. The molecule has 0 saturated heterocycles. The summed E-state index contributed by atoms with van der Waals surface area (Å²) in [4.78, 5) is 4.76. The van der Waals surface area contributed by atoms with Crippen molar-refractivity contribution >= 4 is 38.2 Å². The van der Waals surface area contributed by atoms with Crippen LogP contribution in [0.1, 0.15) is 45.9 Å². The van der Waals surface area contributed by atoms with Crippen LogP contribution in [0.3, 0.4) is 0 Å². The highest BCUT2D eigenvalue weighted by atomic mass is 79.9. The predicted octanol–water partition coefficient (Wildman–Crippen LogP) is 5.06. The van der Waals surface area contributed by atoms with Crippen molar-refractivity contribution in [2.24, 2.45) is 0 Å². The fourth-order valence-electron chi connectivity index (χ4n) is 3.76. The summed E-state index contributed by atoms with van der Waals surface area (Å²) in [7, 11) is 0. The second-order valence-electron chi connectivity index (χ2n) is 9.19. The Morgan fingerprint density at radius 1 is 1.25 bits per heavy atom. The van der Waals surface area contributed by atoms with Crippen molar-refractivity contribution in [3.05, 3.63) is 77.3 Å². The number of nitrogens with zero attached hydrogens (tertiary/aromatic N) is 3. The maximum absolute atomic E-state index is 13.2. The van der Waals surface area contributed by atoms with Crippen molar-refractivity contribution in [1.82, 2.24) is 24.8 Å². The molecule has 0 radical (unpaired) electrons. The van der Waals surface area contributed by atoms with Crippen molar-refractivity contribution in [3.8, 4) is 5.69 Å². The first-order valence-electron chi connectivity index (χ1n) is 10.6. The minimum Gasteiger partial charge on any atom is -0.598 e. The first-order valence-corrected chi connectivity index (χ1v) is 12.5. The molecule has 6 nitrogen and oxygen atoms in total. The van der Waals surface area contributed by atoms with E-state index in [2.05, 4.69) is 44.1 Å². The normalized spacial score (nSPS) is 20.6. The maximum Gasteiger partial charge on any atom is 0.136 e. The van der Waals surface area contributed by atoms with Gasteiger partial charge in [-0.15, -0.1) is 4.72 Å². The van der Waals surface area contributed by atoms with Crippen molar-refractivity contribution in [1.29, 1.82) is 0 Å². The first-order chi connectivity index (χ1) is 15.2. The Bertz CT molecular complexity index is 1170. The lowest BCUT2D eigenvalue weighted by atomic mass is 9.89. The van der Waals surface area contributed by atoms with Crippen LogP contribution in [0.2, 0.25) is 0 Å². The Morgan fingerprint density at radius 3 is 2.78 bits per heavy atom. The molecule has 0 fully saturated rings. The average Bonchev–Trinajstić information content (AvgIpc) is 3.16. The topological polar surface area (TPSA) is 77.8 Å². The van der Waals surface area contributed by atoms with E-state index in [0.29, 0.717) is 6.42 Å². The molecule has 0 spiro atoms. The molecule has 32 heavy (non-hydrogen) atoms. The summed E-state index contributed by atoms with van der Waals surface area (Å²) < 4.78 is 18.9. The van der Waals surface area contributed by atoms with E-state index in [1.807, 2.05) is 80.2 Å². The van der Waals surface area contributed by atoms with Gasteiger partial charge in [-0.05, 0) is 74.3 Å². The summed E-state index contributed by atoms with van der Waals surface area (Å²) in [5.74, 6) is 0. The number of hydrogen-bond donors (Lipinski definition) is 2. The standard InChI is InChI=1S/C24H28BrN5OS/c1-23(2,3)32(31)29-18(15-24(4)13-7-12-21(25)28-24)22-20(11-8-14-26-22)30-19-10-6-5-9-17(19)16-27-30/h5-14,16,18,28-29H,15H2,1-4H3/t18-,24?,32?/m0/s1. The molecule has 2 aromatic heterocycles. The summed E-state index contributed by atoms with van der Waals surface area (Å²) in [5.41, 5.74) is 2.33. The Labute approximate surface area is 200 Å². The highest BCUT2D eigenvalue weighted by Crippen LogP contribution is 2.33. The van der Waals surface area contributed by atoms with Gasteiger partial charge in [0.2, 0.25) is 0 Å². The van der Waals surface area contributed by atoms with E-state index in [0.717, 1.165) is 26.9 Å². The molecule has 3 atom stereocenters. The minimum absolute atomic E-state index is 0.283. The molecule has 1 aliphatic heterocycles. The van der Waals surface area contributed by atoms with E-state index < -0.39 is 16.1 Å². The number of hydrogen-bond acceptors (Lipinski definition) is 5. The van der Waals surface area contributed by atoms with Crippen LogP contribution < -0.4 is 10.0 Å². The number of nitrogens with one attached hydrogen (secondary N) is 2. The van der Waals surface area contributed by atoms with E-state index in [-0.39, 0.29) is 11.6 Å². The third kappa shape index (κ3) is 4.93. The van der Waals surface area contributed by atoms with Crippen LogP contribution in [0, 0.1) is 0 Å². The molecule has 0 amide bonds. The van der Waals surface area contributed by atoms with Crippen molar-refractivity contribution in [2.45, 2.75) is 50.4 Å². The lowest BCUT2D eigenvalue weighted by Crippen LogP contribution is -2.47. The lowest BCUT2D eigenvalue weighted by molar-refractivity contribution is 0.389. The Morgan fingerprint density at radius 2 is 2.03 bits per heavy atom. The zero-order valence-electron chi connectivity index (χ0n) is 18.7. The fraction of sp³-hybridized carbons (Fsp3) is 0.333. The third-order valence-electron chi connectivity index (χ3n) is 5.40. The number of dihydropyridines is 1. The van der Waals surface area contributed by atoms with Crippen LogP contribution in [-0.2, 0) is 11.4 Å². The molecule has 3 aromatic rings. The largest absolute Gasteiger partial charge is 0.598 e. The molecule has 0 saturated carbocycles. The van der Waals surface area contributed by atoms with Crippen LogP contribution in [0.4, 0.5) is 0 Å². The SMILES string of the molecule is CC1(C[C@H](N[S+]([O-])C(C)(C)C)c2ncccc2-n2ncc3ccccc32)C=CC=C(Br)N1. The highest BCUT2D eigenvalue weighted by molar-refractivity contribution is 9.11. The molecule has 168 valence electrons. The van der Waals surface area contributed by atoms with E-state index in [1.165, 1.54) is 0 Å². The summed E-state index contributed by atoms with van der Waals surface area (Å²) in [6, 6.07) is 11.7. The van der Waals surface area contributed by atoms with Crippen LogP contribution in [-0.4, -0.2) is 29.6 Å². The van der Waals surface area contributed by atoms with Crippen LogP contribution in [0.25, 0.3) is 16.6 Å². The molecule has 2 unspecified atom stereocenters. The number of rotatable bonds is 6. The van der Waals surface area contributed by atoms with Gasteiger partial charge in [0.1, 0.15) is 4.75 Å². The number of para-hydroxylation sites is 1. The first kappa shape index (κ1) is 23.0. The number of allylic oxidation sites excluding steroid dienone is 2. The highest BCUT2D eigenvalue weighted by Gasteiger charge is 2.36. The lowest BCUT2D eigenvalue weighted by Gasteiger charge is -2.36. The molecule has 1 aromatic carbocycles. The Hall–Kier alpha value is -2.13. The van der Waals surface area contributed by atoms with Crippen LogP contribution in [0.5, 0.6) is 0 Å². The second kappa shape index (κ2) is 9.02. The fourth-order valence-corrected chi connectivity index (χ4v) is 5.18. The quantitative estimate of drug-likeness (QED) is 0.355. The number of fused-ring (bicyclic) bond motifs is 1. The van der Waals surface area contributed by atoms with Crippen molar-refractivity contribution in [3.63, 3.8) is 0 Å². The average molecular weight is 514 g/mol. The van der Waals surface area contributed by atoms with Gasteiger partial charge in [-0.1, -0.05) is 30.4 Å². The van der Waals surface area contributed by atoms with Gasteiger partial charge in [-0.25, -0.2) is 4.68 Å². The number of benzene rings is 1. The molecule has 2 N–H and O–H groups in total. The van der Waals surface area contributed by atoms with Gasteiger partial charge in [-0.3, -0.25) is 4.98 Å². The summed E-state index contributed by atoms with van der Waals surface area (Å²) in [5, 5.41) is 9.19. The maximum atomic E-state index is 13.2. The zero-order chi connectivity index (χ0) is 22.9. The number of aromatic nitrogens is 3. The van der Waals surface area contributed by atoms with E-state index >= 15 is 0 Å². The van der Waals surface area contributed by atoms with E-state index in [9.17, 15) is 4.55 Å². The molecule has 0 aliphatic carbocycles. The van der Waals surface area contributed by atoms with Crippen LogP contribution in [0.15, 0.2) is 71.6 Å². The van der Waals surface area contributed by atoms with Gasteiger partial charge in [0.05, 0.1) is 39.3 Å². The second-order valence-corrected chi connectivity index (χ2v) is 12.0. The van der Waals surface area contributed by atoms with E-state index in [4.69, 9.17) is 4.98 Å². The Balaban J connectivity index is 1.78. The third-order valence-corrected chi connectivity index (χ3v) is 7.47. The molecule has 1 aliphatic rings. The van der Waals surface area contributed by atoms with Gasteiger partial charge in [0.25, 0.3) is 0 Å². The minimum atomic E-state index is -1.28. The van der Waals surface area contributed by atoms with Gasteiger partial charge < -0.3 is 9.87 Å². The summed E-state index contributed by atoms with van der Waals surface area (Å²) in [6.07, 6.45) is 10.4. The van der Waals surface area contributed by atoms with Gasteiger partial charge in [-0.2, -0.15) is 5.10 Å². The van der Waals surface area contributed by atoms with E-state index in [1.54, 1.807) is 6.20 Å². The predicted molar refractivity (Wildman–Crippen MR) is 135 cm³/mol. The van der Waals surface area contributed by atoms with Crippen molar-refractivity contribution in [2.75, 3.05) is 0 Å². The Kier molecular flexibility index (Phi) is 6.49. The van der Waals surface area contributed by atoms with Gasteiger partial charge in [0, 0.05) is 22.9 Å². The van der Waals surface area contributed by atoms with Crippen LogP contribution >= 0.6 is 15.9 Å². The monoisotopic (exact) mass is 513 g/mol.